The van der Waals surface area contributed by atoms with Gasteiger partial charge in [0.05, 0.1) is 25.9 Å². The summed E-state index contributed by atoms with van der Waals surface area (Å²) >= 11 is 0. The zero-order valence-corrected chi connectivity index (χ0v) is 21.1. The Kier molecular flexibility index (Phi) is 25.5. The Labute approximate surface area is 214 Å². The first-order valence-electron chi connectivity index (χ1n) is 11.2. The van der Waals surface area contributed by atoms with E-state index in [0.29, 0.717) is 0 Å². The first kappa shape index (κ1) is 37.5. The van der Waals surface area contributed by atoms with Crippen LogP contribution in [0.15, 0.2) is 24.3 Å². The topological polar surface area (TPSA) is 235 Å². The Balaban J connectivity index is -0.000000632. The third-order valence-corrected chi connectivity index (χ3v) is 3.74. The summed E-state index contributed by atoms with van der Waals surface area (Å²) in [6.45, 7) is 2.48. The van der Waals surface area contributed by atoms with E-state index in [9.17, 15) is 38.4 Å². The molecule has 37 heavy (non-hydrogen) atoms. The van der Waals surface area contributed by atoms with Gasteiger partial charge >= 0.3 is 17.9 Å². The molecule has 0 heterocycles. The largest absolute Gasteiger partial charge is 0.481 e. The maximum Gasteiger partial charge on any atom is 0.317 e. The third-order valence-electron chi connectivity index (χ3n) is 3.74. The van der Waals surface area contributed by atoms with E-state index in [1.54, 1.807) is 12.2 Å². The number of carboxylic acid groups (broad SMARTS) is 3. The van der Waals surface area contributed by atoms with Gasteiger partial charge in [0.1, 0.15) is 17.3 Å². The van der Waals surface area contributed by atoms with E-state index < -0.39 is 17.9 Å². The van der Waals surface area contributed by atoms with Crippen molar-refractivity contribution in [3.63, 3.8) is 0 Å². The maximum absolute atomic E-state index is 11.4. The highest BCUT2D eigenvalue weighted by Gasteiger charge is 2.06. The maximum atomic E-state index is 11.4. The number of carbonyl (C=O) groups is 8. The van der Waals surface area contributed by atoms with Crippen LogP contribution in [0, 0.1) is 0 Å². The summed E-state index contributed by atoms with van der Waals surface area (Å²) in [7, 11) is 0. The molecule has 0 aromatic rings. The number of carbonyl (C=O) groups excluding carboxylic acids is 5. The molecule has 0 saturated carbocycles. The van der Waals surface area contributed by atoms with Crippen molar-refractivity contribution in [1.29, 1.82) is 0 Å². The highest BCUT2D eigenvalue weighted by molar-refractivity contribution is 5.89. The first-order valence-corrected chi connectivity index (χ1v) is 11.2. The smallest absolute Gasteiger partial charge is 0.317 e. The number of amides is 1. The van der Waals surface area contributed by atoms with Crippen LogP contribution >= 0.6 is 0 Å². The fraction of sp³-hybridized carbons (Fsp3) is 0.500. The Morgan fingerprint density at radius 3 is 1.35 bits per heavy atom. The molecule has 0 aromatic carbocycles. The number of hydrogen-bond acceptors (Lipinski definition) is 9. The summed E-state index contributed by atoms with van der Waals surface area (Å²) < 4.78 is 0. The molecule has 0 rings (SSSR count). The van der Waals surface area contributed by atoms with E-state index in [0.717, 1.165) is 0 Å². The van der Waals surface area contributed by atoms with Gasteiger partial charge in [0, 0.05) is 38.5 Å². The summed E-state index contributed by atoms with van der Waals surface area (Å²) in [6.07, 6.45) is 6.60. The molecule has 0 bridgehead atoms. The van der Waals surface area contributed by atoms with Gasteiger partial charge in [-0.15, -0.1) is 0 Å². The molecule has 0 unspecified atom stereocenters. The summed E-state index contributed by atoms with van der Waals surface area (Å²) in [5, 5.41) is 26.2. The fourth-order valence-corrected chi connectivity index (χ4v) is 1.86. The fourth-order valence-electron chi connectivity index (χ4n) is 1.86. The highest BCUT2D eigenvalue weighted by Crippen LogP contribution is 1.98. The van der Waals surface area contributed by atoms with Gasteiger partial charge in [-0.05, 0) is 13.8 Å². The molecule has 0 spiro atoms. The summed E-state index contributed by atoms with van der Waals surface area (Å²) in [4.78, 5) is 84.5. The second kappa shape index (κ2) is 25.1. The predicted octanol–water partition coefficient (Wildman–Crippen LogP) is 0.837. The van der Waals surface area contributed by atoms with E-state index in [1.165, 1.54) is 26.0 Å². The van der Waals surface area contributed by atoms with Crippen molar-refractivity contribution in [1.82, 2.24) is 5.32 Å². The number of hydrogen-bond donors (Lipinski definition) is 5. The Bertz CT molecular complexity index is 828. The van der Waals surface area contributed by atoms with Gasteiger partial charge in [0.15, 0.2) is 5.78 Å². The van der Waals surface area contributed by atoms with Gasteiger partial charge in [-0.2, -0.15) is 0 Å². The second-order valence-electron chi connectivity index (χ2n) is 7.40. The van der Waals surface area contributed by atoms with Crippen molar-refractivity contribution in [2.24, 2.45) is 5.73 Å². The zero-order valence-electron chi connectivity index (χ0n) is 21.1. The number of aliphatic carboxylic acids is 3. The van der Waals surface area contributed by atoms with Crippen molar-refractivity contribution in [2.75, 3.05) is 13.1 Å². The Morgan fingerprint density at radius 2 is 0.973 bits per heavy atom. The minimum absolute atomic E-state index is 0.0221. The molecule has 0 aromatic heterocycles. The van der Waals surface area contributed by atoms with Crippen LogP contribution in [0.2, 0.25) is 0 Å². The number of Topliss-reactive ketones (excluding diaryl/α,β-unsaturated/α-hetero) is 4. The van der Waals surface area contributed by atoms with E-state index in [2.05, 4.69) is 11.1 Å². The van der Waals surface area contributed by atoms with E-state index >= 15 is 0 Å². The molecule has 0 saturated heterocycles. The van der Waals surface area contributed by atoms with Gasteiger partial charge in [0.2, 0.25) is 5.91 Å². The molecule has 13 heteroatoms. The molecular weight excluding hydrogens is 492 g/mol. The monoisotopic (exact) mass is 528 g/mol. The van der Waals surface area contributed by atoms with Crippen LogP contribution in [-0.2, 0) is 38.4 Å². The van der Waals surface area contributed by atoms with Crippen molar-refractivity contribution in [3.8, 4) is 0 Å². The molecule has 13 nitrogen and oxygen atoms in total. The molecule has 0 aliphatic heterocycles. The predicted molar refractivity (Wildman–Crippen MR) is 132 cm³/mol. The minimum atomic E-state index is -0.968. The molecule has 0 radical (unpaired) electrons. The average molecular weight is 529 g/mol. The summed E-state index contributed by atoms with van der Waals surface area (Å²) in [6, 6.07) is 0. The lowest BCUT2D eigenvalue weighted by molar-refractivity contribution is -0.137. The standard InChI is InChI=1S/C16H23NO5.C6H8O4.C2H5NO2/c1-12(18)7-9-14(20)5-3-4-6-16(22)17-11-15(21)10-8-13(2)19;7-5(8)3-1-2-4-6(9)10;3-1-2(4)5/h3-4H,5-11H2,1-2H3,(H,17,22);1-2H,3-4H2,(H,7,8)(H,9,10);1,3H2,(H,4,5)/b4-3+;2-1+;. The summed E-state index contributed by atoms with van der Waals surface area (Å²) in [5.74, 6) is -3.52. The van der Waals surface area contributed by atoms with Crippen molar-refractivity contribution in [3.05, 3.63) is 24.3 Å². The van der Waals surface area contributed by atoms with E-state index in [4.69, 9.17) is 15.3 Å². The second-order valence-corrected chi connectivity index (χ2v) is 7.40. The highest BCUT2D eigenvalue weighted by atomic mass is 16.4. The van der Waals surface area contributed by atoms with Crippen LogP contribution < -0.4 is 11.1 Å². The molecule has 0 atom stereocenters. The lowest BCUT2D eigenvalue weighted by atomic mass is 10.1. The number of ketones is 4. The molecule has 208 valence electrons. The van der Waals surface area contributed by atoms with Crippen molar-refractivity contribution < 1.29 is 53.7 Å². The molecule has 0 aliphatic rings. The van der Waals surface area contributed by atoms with Crippen LogP contribution in [0.5, 0.6) is 0 Å². The lowest BCUT2D eigenvalue weighted by Gasteiger charge is -2.02. The molecule has 1 amide bonds. The van der Waals surface area contributed by atoms with Gasteiger partial charge in [0.25, 0.3) is 0 Å². The Hall–Kier alpha value is -4.00. The van der Waals surface area contributed by atoms with Crippen LogP contribution in [-0.4, -0.2) is 75.4 Å². The minimum Gasteiger partial charge on any atom is -0.481 e. The zero-order chi connectivity index (χ0) is 29.2. The van der Waals surface area contributed by atoms with Crippen LogP contribution in [0.25, 0.3) is 0 Å². The van der Waals surface area contributed by atoms with Crippen molar-refractivity contribution in [2.45, 2.75) is 65.2 Å². The normalized spacial score (nSPS) is 9.92. The number of allylic oxidation sites excluding steroid dienone is 1. The quantitative estimate of drug-likeness (QED) is 0.165. The number of rotatable bonds is 17. The van der Waals surface area contributed by atoms with Crippen LogP contribution in [0.3, 0.4) is 0 Å². The number of carboxylic acids is 3. The number of nitrogens with two attached hydrogens (primary N) is 1. The van der Waals surface area contributed by atoms with Crippen LogP contribution in [0.1, 0.15) is 65.2 Å². The third kappa shape index (κ3) is 39.5. The molecular formula is C24H36N2O11. The lowest BCUT2D eigenvalue weighted by Crippen LogP contribution is -2.29. The molecule has 0 aliphatic carbocycles. The van der Waals surface area contributed by atoms with E-state index in [1.807, 2.05) is 0 Å². The van der Waals surface area contributed by atoms with Gasteiger partial charge in [-0.25, -0.2) is 0 Å². The number of nitrogens with one attached hydrogen (secondary N) is 1. The van der Waals surface area contributed by atoms with Gasteiger partial charge in [-0.3, -0.25) is 28.8 Å². The van der Waals surface area contributed by atoms with Crippen molar-refractivity contribution >= 4 is 46.9 Å². The summed E-state index contributed by atoms with van der Waals surface area (Å²) in [5.41, 5.74) is 4.57. The van der Waals surface area contributed by atoms with E-state index in [-0.39, 0.29) is 93.5 Å². The average Bonchev–Trinajstić information content (AvgIpc) is 2.81. The van der Waals surface area contributed by atoms with Gasteiger partial charge in [-0.1, -0.05) is 24.3 Å². The van der Waals surface area contributed by atoms with Gasteiger partial charge < -0.3 is 36.0 Å². The first-order chi connectivity index (χ1) is 17.2. The SMILES string of the molecule is CC(=O)CCC(=O)C/C=C/CC(=O)NCC(=O)CCC(C)=O.NCC(=O)O.O=C(O)C/C=C/CC(=O)O. The molecule has 6 N–H and O–H groups in total. The van der Waals surface area contributed by atoms with Crippen LogP contribution in [0.4, 0.5) is 0 Å². The molecule has 0 fully saturated rings. The Morgan fingerprint density at radius 1 is 0.595 bits per heavy atom.